The van der Waals surface area contributed by atoms with E-state index in [0.29, 0.717) is 12.8 Å². The summed E-state index contributed by atoms with van der Waals surface area (Å²) in [5.41, 5.74) is 0. The lowest BCUT2D eigenvalue weighted by atomic mass is 10.2. The van der Waals surface area contributed by atoms with Crippen LogP contribution in [-0.2, 0) is 14.3 Å². The van der Waals surface area contributed by atoms with Gasteiger partial charge in [-0.3, -0.25) is 9.59 Å². The summed E-state index contributed by atoms with van der Waals surface area (Å²) >= 11 is 0. The highest BCUT2D eigenvalue weighted by atomic mass is 16.6. The zero-order chi connectivity index (χ0) is 22.2. The van der Waals surface area contributed by atoms with Crippen molar-refractivity contribution in [3.05, 3.63) is 0 Å². The van der Waals surface area contributed by atoms with E-state index in [1.165, 1.54) is 51.9 Å². The Bertz CT molecular complexity index is 310. The molecule has 0 spiro atoms. The van der Waals surface area contributed by atoms with Crippen LogP contribution in [0.15, 0.2) is 0 Å². The molecule has 0 aliphatic heterocycles. The van der Waals surface area contributed by atoms with E-state index in [2.05, 4.69) is 56.3 Å². The molecule has 5 heteroatoms. The average molecular weight is 403 g/mol. The molecule has 0 aromatic carbocycles. The van der Waals surface area contributed by atoms with Gasteiger partial charge in [0.2, 0.25) is 0 Å². The maximum Gasteiger partial charge on any atom is 0.313 e. The molecule has 28 heavy (non-hydrogen) atoms. The first-order chi connectivity index (χ1) is 13.3. The Balaban J connectivity index is -0.000000347. The molecule has 0 unspecified atom stereocenters. The summed E-state index contributed by atoms with van der Waals surface area (Å²) < 4.78 is 4.51. The topological polar surface area (TPSA) is 49.9 Å². The van der Waals surface area contributed by atoms with Gasteiger partial charge in [-0.15, -0.1) is 0 Å². The Morgan fingerprint density at radius 1 is 0.571 bits per heavy atom. The van der Waals surface area contributed by atoms with Crippen LogP contribution in [0.3, 0.4) is 0 Å². The van der Waals surface area contributed by atoms with Crippen LogP contribution in [0.2, 0.25) is 0 Å². The van der Waals surface area contributed by atoms with Crippen LogP contribution >= 0.6 is 0 Å². The molecule has 0 heterocycles. The van der Waals surface area contributed by atoms with Gasteiger partial charge >= 0.3 is 11.9 Å². The molecule has 0 saturated carbocycles. The lowest BCUT2D eigenvalue weighted by Crippen LogP contribution is -2.19. The van der Waals surface area contributed by atoms with Crippen molar-refractivity contribution in [1.82, 2.24) is 9.80 Å². The molecule has 0 aliphatic rings. The number of hydrogen-bond donors (Lipinski definition) is 0. The van der Waals surface area contributed by atoms with Crippen LogP contribution < -0.4 is 0 Å². The van der Waals surface area contributed by atoms with Gasteiger partial charge in [-0.1, -0.05) is 48.0 Å². The van der Waals surface area contributed by atoms with Gasteiger partial charge in [0.05, 0.1) is 0 Å². The van der Waals surface area contributed by atoms with Crippen molar-refractivity contribution < 1.29 is 14.3 Å². The van der Waals surface area contributed by atoms with Gasteiger partial charge in [0.1, 0.15) is 0 Å². The van der Waals surface area contributed by atoms with Gasteiger partial charge in [-0.05, 0) is 78.8 Å². The molecule has 0 amide bonds. The van der Waals surface area contributed by atoms with E-state index in [1.54, 1.807) is 0 Å². The maximum absolute atomic E-state index is 10.8. The van der Waals surface area contributed by atoms with E-state index in [9.17, 15) is 9.59 Å². The average Bonchev–Trinajstić information content (AvgIpc) is 2.62. The fraction of sp³-hybridized carbons (Fsp3) is 0.913. The van der Waals surface area contributed by atoms with Crippen LogP contribution in [0.4, 0.5) is 0 Å². The Labute approximate surface area is 176 Å². The van der Waals surface area contributed by atoms with Crippen molar-refractivity contribution in [2.45, 2.75) is 99.3 Å². The zero-order valence-electron chi connectivity index (χ0n) is 20.3. The number of carbonyl (C=O) groups is 2. The quantitative estimate of drug-likeness (QED) is 0.300. The third kappa shape index (κ3) is 29.8. The fourth-order valence-electron chi connectivity index (χ4n) is 2.50. The first-order valence-electron chi connectivity index (χ1n) is 11.4. The molecule has 170 valence electrons. The Morgan fingerprint density at radius 3 is 1.21 bits per heavy atom. The Kier molecular flexibility index (Phi) is 29.5. The van der Waals surface area contributed by atoms with Gasteiger partial charge in [-0.2, -0.15) is 0 Å². The zero-order valence-corrected chi connectivity index (χ0v) is 20.3. The number of hydrogen-bond acceptors (Lipinski definition) is 5. The smallest absolute Gasteiger partial charge is 0.313 e. The summed E-state index contributed by atoms with van der Waals surface area (Å²) in [6.07, 6.45) is 8.24. The molecular weight excluding hydrogens is 352 g/mol. The van der Waals surface area contributed by atoms with E-state index in [1.807, 2.05) is 13.8 Å². The lowest BCUT2D eigenvalue weighted by molar-refractivity contribution is -0.159. The van der Waals surface area contributed by atoms with Crippen LogP contribution in [-0.4, -0.2) is 62.0 Å². The third-order valence-electron chi connectivity index (χ3n) is 3.84. The molecule has 0 aromatic rings. The van der Waals surface area contributed by atoms with Crippen molar-refractivity contribution in [2.24, 2.45) is 0 Å². The largest absolute Gasteiger partial charge is 0.393 e. The molecule has 5 nitrogen and oxygen atoms in total. The SMILES string of the molecule is CCCCC(=O)OC(=O)CCC.CCCN(C)CCC.CCCN(C)CCC. The number of carbonyl (C=O) groups excluding carboxylic acids is 2. The first kappa shape index (κ1) is 31.7. The second kappa shape index (κ2) is 26.1. The van der Waals surface area contributed by atoms with E-state index in [-0.39, 0.29) is 0 Å². The second-order valence-electron chi connectivity index (χ2n) is 7.31. The Morgan fingerprint density at radius 2 is 0.929 bits per heavy atom. The highest BCUT2D eigenvalue weighted by molar-refractivity contribution is 5.85. The van der Waals surface area contributed by atoms with Gasteiger partial charge in [0.15, 0.2) is 0 Å². The number of unbranched alkanes of at least 4 members (excludes halogenated alkanes) is 1. The number of nitrogens with zero attached hydrogens (tertiary/aromatic N) is 2. The van der Waals surface area contributed by atoms with Crippen molar-refractivity contribution in [2.75, 3.05) is 40.3 Å². The fourth-order valence-corrected chi connectivity index (χ4v) is 2.50. The number of ether oxygens (including phenoxy) is 1. The Hall–Kier alpha value is -0.940. The minimum Gasteiger partial charge on any atom is -0.393 e. The summed E-state index contributed by atoms with van der Waals surface area (Å²) in [5.74, 6) is -0.797. The first-order valence-corrected chi connectivity index (χ1v) is 11.4. The summed E-state index contributed by atoms with van der Waals surface area (Å²) in [7, 11) is 4.35. The predicted octanol–water partition coefficient (Wildman–Crippen LogP) is 5.52. The molecule has 0 rings (SSSR count). The van der Waals surface area contributed by atoms with E-state index < -0.39 is 11.9 Å². The van der Waals surface area contributed by atoms with E-state index >= 15 is 0 Å². The van der Waals surface area contributed by atoms with Crippen LogP contribution in [0.5, 0.6) is 0 Å². The van der Waals surface area contributed by atoms with Crippen molar-refractivity contribution in [3.8, 4) is 0 Å². The molecule has 0 aliphatic carbocycles. The summed E-state index contributed by atoms with van der Waals surface area (Å²) in [4.78, 5) is 26.3. The third-order valence-corrected chi connectivity index (χ3v) is 3.84. The monoisotopic (exact) mass is 402 g/mol. The van der Waals surface area contributed by atoms with Crippen molar-refractivity contribution >= 4 is 11.9 Å². The molecule has 0 bridgehead atoms. The number of rotatable bonds is 13. The van der Waals surface area contributed by atoms with Crippen LogP contribution in [0.1, 0.15) is 99.3 Å². The van der Waals surface area contributed by atoms with Gasteiger partial charge < -0.3 is 14.5 Å². The minimum absolute atomic E-state index is 0.331. The molecule has 0 aromatic heterocycles. The van der Waals surface area contributed by atoms with E-state index in [4.69, 9.17) is 0 Å². The lowest BCUT2D eigenvalue weighted by Gasteiger charge is -2.12. The van der Waals surface area contributed by atoms with Gasteiger partial charge in [0.25, 0.3) is 0 Å². The standard InChI is InChI=1S/C9H16O3.2C7H17N/c1-3-5-7-9(11)12-8(10)6-4-2;2*1-4-6-8(3)7-5-2/h3-7H2,1-2H3;2*4-7H2,1-3H3. The van der Waals surface area contributed by atoms with Crippen LogP contribution in [0.25, 0.3) is 0 Å². The molecule has 0 saturated heterocycles. The van der Waals surface area contributed by atoms with Crippen LogP contribution in [0, 0.1) is 0 Å². The van der Waals surface area contributed by atoms with E-state index in [0.717, 1.165) is 19.3 Å². The highest BCUT2D eigenvalue weighted by Gasteiger charge is 2.07. The minimum atomic E-state index is -0.404. The number of esters is 2. The molecule has 0 N–H and O–H groups in total. The summed E-state index contributed by atoms with van der Waals surface area (Å²) in [5, 5.41) is 0. The van der Waals surface area contributed by atoms with Crippen molar-refractivity contribution in [1.29, 1.82) is 0 Å². The van der Waals surface area contributed by atoms with Gasteiger partial charge in [0, 0.05) is 12.8 Å². The molecule has 0 radical (unpaired) electrons. The summed E-state index contributed by atoms with van der Waals surface area (Å²) in [6, 6.07) is 0. The molecule has 0 fully saturated rings. The second-order valence-corrected chi connectivity index (χ2v) is 7.31. The predicted molar refractivity (Wildman–Crippen MR) is 122 cm³/mol. The molecular formula is C23H50N2O3. The highest BCUT2D eigenvalue weighted by Crippen LogP contribution is 1.99. The van der Waals surface area contributed by atoms with Gasteiger partial charge in [-0.25, -0.2) is 0 Å². The normalized spacial score (nSPS) is 10.1. The summed E-state index contributed by atoms with van der Waals surface area (Å²) in [6.45, 7) is 17.7. The van der Waals surface area contributed by atoms with Crippen molar-refractivity contribution in [3.63, 3.8) is 0 Å². The molecule has 0 atom stereocenters. The maximum atomic E-state index is 10.8.